The van der Waals surface area contributed by atoms with Gasteiger partial charge in [-0.25, -0.2) is 14.4 Å². The second kappa shape index (κ2) is 12.5. The van der Waals surface area contributed by atoms with E-state index in [1.54, 1.807) is 37.3 Å². The van der Waals surface area contributed by atoms with E-state index in [1.807, 2.05) is 26.8 Å². The summed E-state index contributed by atoms with van der Waals surface area (Å²) >= 11 is 3.12. The largest absolute Gasteiger partial charge is 0.459 e. The first-order valence-corrected chi connectivity index (χ1v) is 13.1. The van der Waals surface area contributed by atoms with Crippen molar-refractivity contribution in [2.45, 2.75) is 52.3 Å². The van der Waals surface area contributed by atoms with Crippen LogP contribution in [0.15, 0.2) is 51.1 Å². The Kier molecular flexibility index (Phi) is 10.3. The third-order valence-corrected chi connectivity index (χ3v) is 6.92. The van der Waals surface area contributed by atoms with Crippen LogP contribution in [0.5, 0.6) is 5.75 Å². The number of H-pyrrole nitrogens is 1. The molecule has 1 heterocycles. The van der Waals surface area contributed by atoms with Crippen molar-refractivity contribution in [2.75, 3.05) is 6.61 Å². The molecule has 0 radical (unpaired) electrons. The quantitative estimate of drug-likeness (QED) is 0.345. The first kappa shape index (κ1) is 27.3. The highest BCUT2D eigenvalue weighted by Gasteiger charge is 2.30. The van der Waals surface area contributed by atoms with E-state index in [2.05, 4.69) is 26.0 Å². The molecule has 1 aromatic heterocycles. The highest BCUT2D eigenvalue weighted by Crippen LogP contribution is 2.45. The molecule has 11 heteroatoms. The average Bonchev–Trinajstić information content (AvgIpc) is 2.74. The third-order valence-electron chi connectivity index (χ3n) is 4.88. The summed E-state index contributed by atoms with van der Waals surface area (Å²) in [6.07, 6.45) is 2.47. The van der Waals surface area contributed by atoms with Crippen LogP contribution in [0.4, 0.5) is 0 Å². The number of hydrogen-bond acceptors (Lipinski definition) is 6. The van der Waals surface area contributed by atoms with Gasteiger partial charge >= 0.3 is 13.4 Å². The summed E-state index contributed by atoms with van der Waals surface area (Å²) in [4.78, 5) is 27.9. The average molecular weight is 544 g/mol. The summed E-state index contributed by atoms with van der Waals surface area (Å²) in [6.45, 7) is 7.02. The Morgan fingerprint density at radius 2 is 1.88 bits per heavy atom. The van der Waals surface area contributed by atoms with E-state index >= 15 is 0 Å². The maximum atomic E-state index is 13.2. The summed E-state index contributed by atoms with van der Waals surface area (Å²) in [6, 6.07) is 8.16. The topological polar surface area (TPSA) is 123 Å². The van der Waals surface area contributed by atoms with Crippen LogP contribution in [0.25, 0.3) is 6.08 Å². The smallest absolute Gasteiger partial charge is 0.413 e. The molecule has 1 aromatic carbocycles. The van der Waals surface area contributed by atoms with Crippen LogP contribution in [0.2, 0.25) is 0 Å². The normalized spacial score (nSPS) is 16.5. The lowest BCUT2D eigenvalue weighted by molar-refractivity contribution is 0.0499. The molecule has 0 bridgehead atoms. The summed E-state index contributed by atoms with van der Waals surface area (Å²) < 4.78 is 25.7. The van der Waals surface area contributed by atoms with Crippen LogP contribution in [-0.2, 0) is 9.09 Å². The highest BCUT2D eigenvalue weighted by atomic mass is 79.9. The Bertz CT molecular complexity index is 1090. The number of nitrogens with zero attached hydrogens (tertiary/aromatic N) is 1. The fourth-order valence-corrected chi connectivity index (χ4v) is 5.03. The first-order valence-electron chi connectivity index (χ1n) is 10.6. The summed E-state index contributed by atoms with van der Waals surface area (Å²) in [5, 5.41) is 13.4. The fourth-order valence-electron chi connectivity index (χ4n) is 3.19. The number of aliphatic hydroxyl groups excluding tert-OH is 1. The third kappa shape index (κ3) is 8.39. The molecule has 4 atom stereocenters. The zero-order valence-electron chi connectivity index (χ0n) is 19.1. The van der Waals surface area contributed by atoms with E-state index in [9.17, 15) is 19.3 Å². The number of benzene rings is 1. The van der Waals surface area contributed by atoms with Gasteiger partial charge in [0, 0.05) is 18.3 Å². The highest BCUT2D eigenvalue weighted by molar-refractivity contribution is 9.11. The van der Waals surface area contributed by atoms with E-state index in [1.165, 1.54) is 15.7 Å². The Balaban J connectivity index is 2.06. The number of hydrogen-bond donors (Lipinski definition) is 3. The second-order valence-corrected chi connectivity index (χ2v) is 10.4. The van der Waals surface area contributed by atoms with Crippen LogP contribution in [-0.4, -0.2) is 33.4 Å². The van der Waals surface area contributed by atoms with Crippen molar-refractivity contribution in [1.29, 1.82) is 0 Å². The molecule has 0 saturated carbocycles. The fraction of sp³-hybridized carbons (Fsp3) is 0.455. The monoisotopic (exact) mass is 543 g/mol. The van der Waals surface area contributed by atoms with Gasteiger partial charge in [-0.05, 0) is 56.3 Å². The van der Waals surface area contributed by atoms with Crippen molar-refractivity contribution < 1.29 is 18.7 Å². The minimum Gasteiger partial charge on any atom is -0.413 e. The van der Waals surface area contributed by atoms with Crippen LogP contribution in [0, 0.1) is 5.92 Å². The van der Waals surface area contributed by atoms with Gasteiger partial charge in [-0.15, -0.1) is 0 Å². The van der Waals surface area contributed by atoms with E-state index in [4.69, 9.17) is 9.05 Å². The molecule has 2 aromatic rings. The van der Waals surface area contributed by atoms with Gasteiger partial charge in [0.15, 0.2) is 0 Å². The summed E-state index contributed by atoms with van der Waals surface area (Å²) in [5.74, 6) is 0.0779. The molecule has 2 rings (SSSR count). The lowest BCUT2D eigenvalue weighted by atomic mass is 9.97. The van der Waals surface area contributed by atoms with Gasteiger partial charge < -0.3 is 9.63 Å². The van der Waals surface area contributed by atoms with E-state index in [0.717, 1.165) is 0 Å². The zero-order chi connectivity index (χ0) is 24.6. The summed E-state index contributed by atoms with van der Waals surface area (Å²) in [5.41, 5.74) is -0.680. The molecule has 0 aliphatic carbocycles. The first-order chi connectivity index (χ1) is 15.5. The molecule has 0 fully saturated rings. The minimum absolute atomic E-state index is 0.177. The van der Waals surface area contributed by atoms with Crippen molar-refractivity contribution in [3.05, 3.63) is 67.9 Å². The maximum Gasteiger partial charge on any atom is 0.459 e. The van der Waals surface area contributed by atoms with Gasteiger partial charge in [0.25, 0.3) is 5.56 Å². The zero-order valence-corrected chi connectivity index (χ0v) is 21.6. The molecular weight excluding hydrogens is 513 g/mol. The molecule has 182 valence electrons. The Labute approximate surface area is 201 Å². The minimum atomic E-state index is -3.73. The Morgan fingerprint density at radius 1 is 1.21 bits per heavy atom. The molecule has 0 spiro atoms. The lowest BCUT2D eigenvalue weighted by Crippen LogP contribution is -2.34. The molecule has 0 aliphatic heterocycles. The standard InChI is InChI=1S/C22H31BrN3O6P/c1-15(2)25-33(30,32-19-8-6-5-7-9-19)31-14-20(27)16(3)12-17(4)26-13-18(10-11-23)21(28)24-22(26)29/h5-11,13,15-17,20,27H,12,14H2,1-4H3,(H,25,30)(H,24,28,29)/b11-10+/t16-,17?,20?,33?/m0/s1. The molecule has 0 amide bonds. The number of halogens is 1. The number of aromatic amines is 1. The van der Waals surface area contributed by atoms with Crippen molar-refractivity contribution >= 4 is 29.8 Å². The molecular formula is C22H31BrN3O6P. The number of nitrogens with one attached hydrogen (secondary N) is 2. The molecule has 0 aliphatic rings. The molecule has 33 heavy (non-hydrogen) atoms. The number of rotatable bonds is 12. The van der Waals surface area contributed by atoms with Crippen molar-refractivity contribution in [2.24, 2.45) is 5.92 Å². The predicted molar refractivity (Wildman–Crippen MR) is 133 cm³/mol. The lowest BCUT2D eigenvalue weighted by Gasteiger charge is -2.26. The van der Waals surface area contributed by atoms with E-state index < -0.39 is 25.1 Å². The van der Waals surface area contributed by atoms with Crippen molar-refractivity contribution in [3.63, 3.8) is 0 Å². The van der Waals surface area contributed by atoms with Gasteiger partial charge in [-0.3, -0.25) is 18.9 Å². The van der Waals surface area contributed by atoms with Gasteiger partial charge in [-0.1, -0.05) is 41.1 Å². The van der Waals surface area contributed by atoms with E-state index in [-0.39, 0.29) is 24.6 Å². The van der Waals surface area contributed by atoms with Crippen molar-refractivity contribution in [1.82, 2.24) is 14.6 Å². The molecule has 0 saturated heterocycles. The van der Waals surface area contributed by atoms with Crippen molar-refractivity contribution in [3.8, 4) is 5.75 Å². The maximum absolute atomic E-state index is 13.2. The van der Waals surface area contributed by atoms with Crippen LogP contribution < -0.4 is 20.9 Å². The van der Waals surface area contributed by atoms with Gasteiger partial charge in [-0.2, -0.15) is 0 Å². The van der Waals surface area contributed by atoms with Crippen LogP contribution >= 0.6 is 23.7 Å². The van der Waals surface area contributed by atoms with Gasteiger partial charge in [0.05, 0.1) is 18.3 Å². The molecule has 9 nitrogen and oxygen atoms in total. The van der Waals surface area contributed by atoms with Crippen LogP contribution in [0.1, 0.15) is 45.7 Å². The van der Waals surface area contributed by atoms with E-state index in [0.29, 0.717) is 17.7 Å². The SMILES string of the molecule is CC(C)NP(=O)(OCC(O)[C@@H](C)CC(C)n1cc(/C=C/Br)c(=O)[nH]c1=O)Oc1ccccc1. The van der Waals surface area contributed by atoms with Gasteiger partial charge in [0.1, 0.15) is 5.75 Å². The Hall–Kier alpha value is -1.97. The summed E-state index contributed by atoms with van der Waals surface area (Å²) in [7, 11) is -3.73. The Morgan fingerprint density at radius 3 is 2.48 bits per heavy atom. The number of aromatic nitrogens is 2. The second-order valence-electron chi connectivity index (χ2n) is 8.15. The van der Waals surface area contributed by atoms with Crippen LogP contribution in [0.3, 0.4) is 0 Å². The number of aliphatic hydroxyl groups is 1. The molecule has 3 N–H and O–H groups in total. The number of para-hydroxylation sites is 1. The molecule has 3 unspecified atom stereocenters. The van der Waals surface area contributed by atoms with Gasteiger partial charge in [0.2, 0.25) is 0 Å². The predicted octanol–water partition coefficient (Wildman–Crippen LogP) is 4.05.